The fourth-order valence-electron chi connectivity index (χ4n) is 1.63. The van der Waals surface area contributed by atoms with E-state index in [1.165, 1.54) is 0 Å². The van der Waals surface area contributed by atoms with Gasteiger partial charge < -0.3 is 15.2 Å². The van der Waals surface area contributed by atoms with E-state index in [0.29, 0.717) is 13.2 Å². The van der Waals surface area contributed by atoms with E-state index in [4.69, 9.17) is 15.2 Å². The lowest BCUT2D eigenvalue weighted by molar-refractivity contribution is -0.00221. The predicted molar refractivity (Wildman–Crippen MR) is 85.0 cm³/mol. The van der Waals surface area contributed by atoms with Gasteiger partial charge in [-0.3, -0.25) is 0 Å². The molecule has 1 aromatic carbocycles. The Labute approximate surface area is 123 Å². The first-order valence-electron chi connectivity index (χ1n) is 7.30. The molecule has 0 aromatic heterocycles. The number of anilines is 1. The summed E-state index contributed by atoms with van der Waals surface area (Å²) in [6, 6.07) is 7.52. The molecule has 0 spiro atoms. The number of benzene rings is 1. The van der Waals surface area contributed by atoms with Crippen molar-refractivity contribution in [1.29, 1.82) is 0 Å². The van der Waals surface area contributed by atoms with Crippen molar-refractivity contribution in [3.63, 3.8) is 0 Å². The molecule has 0 fully saturated rings. The predicted octanol–water partition coefficient (Wildman–Crippen LogP) is 4.13. The summed E-state index contributed by atoms with van der Waals surface area (Å²) in [6.45, 7) is 13.0. The van der Waals surface area contributed by atoms with Gasteiger partial charge in [-0.05, 0) is 24.0 Å². The number of hydrogen-bond donors (Lipinski definition) is 1. The van der Waals surface area contributed by atoms with Gasteiger partial charge >= 0.3 is 0 Å². The molecule has 0 bridgehead atoms. The molecule has 3 nitrogen and oxygen atoms in total. The van der Waals surface area contributed by atoms with Gasteiger partial charge in [0, 0.05) is 17.2 Å². The Morgan fingerprint density at radius 1 is 1.00 bits per heavy atom. The summed E-state index contributed by atoms with van der Waals surface area (Å²) < 4.78 is 11.7. The molecule has 0 aliphatic rings. The van der Waals surface area contributed by atoms with Gasteiger partial charge in [0.25, 0.3) is 0 Å². The lowest BCUT2D eigenvalue weighted by atomic mass is 9.91. The molecule has 0 radical (unpaired) electrons. The Bertz CT molecular complexity index is 413. The topological polar surface area (TPSA) is 44.5 Å². The summed E-state index contributed by atoms with van der Waals surface area (Å²) in [7, 11) is 0. The summed E-state index contributed by atoms with van der Waals surface area (Å²) in [5, 5.41) is 0. The Morgan fingerprint density at radius 3 is 2.25 bits per heavy atom. The molecule has 0 aliphatic carbocycles. The van der Waals surface area contributed by atoms with E-state index in [-0.39, 0.29) is 10.8 Å². The van der Waals surface area contributed by atoms with Crippen molar-refractivity contribution in [2.75, 3.05) is 25.6 Å². The normalized spacial score (nSPS) is 12.4. The average Bonchev–Trinajstić information content (AvgIpc) is 2.36. The molecule has 1 aromatic rings. The second-order valence-electron chi connectivity index (χ2n) is 7.04. The summed E-state index contributed by atoms with van der Waals surface area (Å²) in [5.74, 6) is 0.812. The average molecular weight is 279 g/mol. The highest BCUT2D eigenvalue weighted by Crippen LogP contribution is 2.24. The molecular weight excluding hydrogens is 250 g/mol. The van der Waals surface area contributed by atoms with E-state index in [1.54, 1.807) is 0 Å². The van der Waals surface area contributed by atoms with Crippen molar-refractivity contribution >= 4 is 5.69 Å². The van der Waals surface area contributed by atoms with E-state index >= 15 is 0 Å². The molecule has 0 saturated heterocycles. The van der Waals surface area contributed by atoms with Crippen molar-refractivity contribution < 1.29 is 9.47 Å². The first-order chi connectivity index (χ1) is 9.24. The minimum absolute atomic E-state index is 0.0194. The smallest absolute Gasteiger partial charge is 0.121 e. The van der Waals surface area contributed by atoms with Gasteiger partial charge in [0.2, 0.25) is 0 Å². The summed E-state index contributed by atoms with van der Waals surface area (Å²) >= 11 is 0. The Hall–Kier alpha value is -1.22. The largest absolute Gasteiger partial charge is 0.493 e. The molecule has 20 heavy (non-hydrogen) atoms. The van der Waals surface area contributed by atoms with Gasteiger partial charge in [0.1, 0.15) is 5.75 Å². The van der Waals surface area contributed by atoms with Crippen LogP contribution in [0.1, 0.15) is 41.0 Å². The van der Waals surface area contributed by atoms with Gasteiger partial charge in [-0.2, -0.15) is 0 Å². The number of rotatable bonds is 8. The first kappa shape index (κ1) is 16.8. The fraction of sp³-hybridized carbons (Fsp3) is 0.647. The minimum Gasteiger partial charge on any atom is -0.493 e. The van der Waals surface area contributed by atoms with Crippen LogP contribution in [0.2, 0.25) is 0 Å². The maximum atomic E-state index is 5.86. The molecule has 114 valence electrons. The number of nitrogens with two attached hydrogens (primary N) is 1. The number of ether oxygens (including phenoxy) is 2. The van der Waals surface area contributed by atoms with Crippen LogP contribution in [-0.4, -0.2) is 19.8 Å². The van der Waals surface area contributed by atoms with Crippen molar-refractivity contribution in [2.24, 2.45) is 10.8 Å². The molecule has 0 unspecified atom stereocenters. The van der Waals surface area contributed by atoms with E-state index in [9.17, 15) is 0 Å². The zero-order valence-electron chi connectivity index (χ0n) is 13.5. The molecule has 0 aliphatic heterocycles. The zero-order valence-corrected chi connectivity index (χ0v) is 13.5. The maximum absolute atomic E-state index is 5.86. The van der Waals surface area contributed by atoms with E-state index in [0.717, 1.165) is 24.5 Å². The molecule has 0 amide bonds. The van der Waals surface area contributed by atoms with Crippen LogP contribution in [0, 0.1) is 10.8 Å². The Balaban J connectivity index is 2.38. The summed E-state index contributed by atoms with van der Waals surface area (Å²) in [5.41, 5.74) is 6.68. The highest BCUT2D eigenvalue weighted by atomic mass is 16.5. The molecule has 0 atom stereocenters. The van der Waals surface area contributed by atoms with Crippen molar-refractivity contribution in [3.05, 3.63) is 24.3 Å². The zero-order chi connectivity index (χ0) is 15.2. The van der Waals surface area contributed by atoms with Gasteiger partial charge in [0.15, 0.2) is 0 Å². The third-order valence-corrected chi connectivity index (χ3v) is 3.43. The molecular formula is C17H29NO2. The molecule has 0 saturated carbocycles. The van der Waals surface area contributed by atoms with Gasteiger partial charge in [-0.25, -0.2) is 0 Å². The van der Waals surface area contributed by atoms with Crippen LogP contribution in [0.25, 0.3) is 0 Å². The second kappa shape index (κ2) is 6.98. The third kappa shape index (κ3) is 6.29. The maximum Gasteiger partial charge on any atom is 0.121 e. The fourth-order valence-corrected chi connectivity index (χ4v) is 1.63. The molecule has 1 rings (SSSR count). The van der Waals surface area contributed by atoms with Gasteiger partial charge in [0.05, 0.1) is 19.8 Å². The van der Waals surface area contributed by atoms with Gasteiger partial charge in [-0.1, -0.05) is 40.7 Å². The van der Waals surface area contributed by atoms with Crippen LogP contribution < -0.4 is 10.5 Å². The van der Waals surface area contributed by atoms with E-state index in [2.05, 4.69) is 34.6 Å². The quantitative estimate of drug-likeness (QED) is 0.728. The van der Waals surface area contributed by atoms with Crippen LogP contribution in [-0.2, 0) is 4.74 Å². The van der Waals surface area contributed by atoms with Crippen molar-refractivity contribution in [3.8, 4) is 5.75 Å². The van der Waals surface area contributed by atoms with Crippen LogP contribution in [0.4, 0.5) is 5.69 Å². The van der Waals surface area contributed by atoms with E-state index in [1.807, 2.05) is 24.3 Å². The van der Waals surface area contributed by atoms with Crippen LogP contribution in [0.15, 0.2) is 24.3 Å². The number of nitrogen functional groups attached to an aromatic ring is 1. The molecule has 2 N–H and O–H groups in total. The highest BCUT2D eigenvalue weighted by Gasteiger charge is 2.22. The second-order valence-corrected chi connectivity index (χ2v) is 7.04. The molecule has 0 heterocycles. The standard InChI is InChI=1S/C17H29NO2/c1-6-16(2,3)11-19-12-17(4,5)13-20-15-9-7-8-14(18)10-15/h7-10H,6,11-13,18H2,1-5H3. The molecule has 3 heteroatoms. The minimum atomic E-state index is -0.0194. The first-order valence-corrected chi connectivity index (χ1v) is 7.30. The summed E-state index contributed by atoms with van der Waals surface area (Å²) in [4.78, 5) is 0. The number of hydrogen-bond acceptors (Lipinski definition) is 3. The SMILES string of the molecule is CCC(C)(C)COCC(C)(C)COc1cccc(N)c1. The van der Waals surface area contributed by atoms with Crippen LogP contribution >= 0.6 is 0 Å². The lowest BCUT2D eigenvalue weighted by Crippen LogP contribution is -2.29. The Kier molecular flexibility index (Phi) is 5.88. The van der Waals surface area contributed by atoms with Gasteiger partial charge in [-0.15, -0.1) is 0 Å². The highest BCUT2D eigenvalue weighted by molar-refractivity contribution is 5.43. The lowest BCUT2D eigenvalue weighted by Gasteiger charge is -2.28. The van der Waals surface area contributed by atoms with Crippen LogP contribution in [0.3, 0.4) is 0 Å². The summed E-state index contributed by atoms with van der Waals surface area (Å²) in [6.07, 6.45) is 1.12. The monoisotopic (exact) mass is 279 g/mol. The Morgan fingerprint density at radius 2 is 1.65 bits per heavy atom. The third-order valence-electron chi connectivity index (χ3n) is 3.43. The van der Waals surface area contributed by atoms with Crippen molar-refractivity contribution in [2.45, 2.75) is 41.0 Å². The van der Waals surface area contributed by atoms with E-state index < -0.39 is 0 Å². The van der Waals surface area contributed by atoms with Crippen LogP contribution in [0.5, 0.6) is 5.75 Å². The van der Waals surface area contributed by atoms with Crippen molar-refractivity contribution in [1.82, 2.24) is 0 Å².